The Morgan fingerprint density at radius 2 is 2.56 bits per heavy atom. The molecule has 1 aromatic heterocycles. The van der Waals surface area contributed by atoms with Gasteiger partial charge in [0.1, 0.15) is 5.69 Å². The number of hydrogen-bond donors (Lipinski definition) is 2. The highest BCUT2D eigenvalue weighted by Crippen LogP contribution is 2.19. The van der Waals surface area contributed by atoms with Gasteiger partial charge in [0, 0.05) is 19.1 Å². The van der Waals surface area contributed by atoms with Crippen LogP contribution in [0.25, 0.3) is 0 Å². The zero-order valence-electron chi connectivity index (χ0n) is 9.52. The van der Waals surface area contributed by atoms with Crippen LogP contribution in [-0.4, -0.2) is 39.9 Å². The Labute approximate surface area is 95.0 Å². The number of H-pyrrole nitrogens is 1. The van der Waals surface area contributed by atoms with Crippen LogP contribution >= 0.6 is 0 Å². The summed E-state index contributed by atoms with van der Waals surface area (Å²) in [6.07, 6.45) is 5.24. The SMILES string of the molecule is CC(N)C1CCCN(C(=O)c2cnc[nH]2)C1. The molecule has 2 heterocycles. The number of likely N-dealkylation sites (tertiary alicyclic amines) is 1. The molecule has 0 radical (unpaired) electrons. The standard InChI is InChI=1S/C11H18N4O/c1-8(12)9-3-2-4-15(6-9)11(16)10-5-13-7-14-10/h5,7-9H,2-4,6,12H2,1H3,(H,13,14). The Morgan fingerprint density at radius 1 is 1.75 bits per heavy atom. The molecule has 5 heteroatoms. The van der Waals surface area contributed by atoms with Crippen LogP contribution in [0.2, 0.25) is 0 Å². The molecular weight excluding hydrogens is 204 g/mol. The van der Waals surface area contributed by atoms with E-state index in [0.29, 0.717) is 11.6 Å². The number of amides is 1. The van der Waals surface area contributed by atoms with E-state index in [4.69, 9.17) is 5.73 Å². The lowest BCUT2D eigenvalue weighted by Crippen LogP contribution is -2.45. The highest BCUT2D eigenvalue weighted by atomic mass is 16.2. The van der Waals surface area contributed by atoms with E-state index in [9.17, 15) is 4.79 Å². The fourth-order valence-corrected chi connectivity index (χ4v) is 2.17. The van der Waals surface area contributed by atoms with Crippen molar-refractivity contribution in [3.05, 3.63) is 18.2 Å². The maximum atomic E-state index is 12.0. The van der Waals surface area contributed by atoms with Gasteiger partial charge in [-0.05, 0) is 25.7 Å². The first-order valence-electron chi connectivity index (χ1n) is 5.71. The van der Waals surface area contributed by atoms with Gasteiger partial charge in [-0.2, -0.15) is 0 Å². The Morgan fingerprint density at radius 3 is 3.19 bits per heavy atom. The minimum atomic E-state index is 0.0304. The van der Waals surface area contributed by atoms with Crippen molar-refractivity contribution in [3.8, 4) is 0 Å². The lowest BCUT2D eigenvalue weighted by Gasteiger charge is -2.34. The second kappa shape index (κ2) is 4.65. The van der Waals surface area contributed by atoms with Crippen molar-refractivity contribution in [2.75, 3.05) is 13.1 Å². The molecule has 1 amide bonds. The first-order chi connectivity index (χ1) is 7.68. The number of rotatable bonds is 2. The molecule has 16 heavy (non-hydrogen) atoms. The number of piperidine rings is 1. The number of carbonyl (C=O) groups is 1. The average Bonchev–Trinajstić information content (AvgIpc) is 2.81. The summed E-state index contributed by atoms with van der Waals surface area (Å²) in [6.45, 7) is 3.59. The second-order valence-corrected chi connectivity index (χ2v) is 4.48. The van der Waals surface area contributed by atoms with Crippen LogP contribution in [-0.2, 0) is 0 Å². The molecule has 1 saturated heterocycles. The van der Waals surface area contributed by atoms with Crippen molar-refractivity contribution >= 4 is 5.91 Å². The summed E-state index contributed by atoms with van der Waals surface area (Å²) in [6, 6.07) is 0.150. The number of aromatic amines is 1. The molecule has 88 valence electrons. The van der Waals surface area contributed by atoms with Crippen LogP contribution in [0, 0.1) is 5.92 Å². The van der Waals surface area contributed by atoms with E-state index in [0.717, 1.165) is 25.9 Å². The van der Waals surface area contributed by atoms with Gasteiger partial charge < -0.3 is 15.6 Å². The van der Waals surface area contributed by atoms with Crippen molar-refractivity contribution in [3.63, 3.8) is 0 Å². The number of nitrogens with one attached hydrogen (secondary N) is 1. The second-order valence-electron chi connectivity index (χ2n) is 4.48. The van der Waals surface area contributed by atoms with E-state index in [1.807, 2.05) is 11.8 Å². The Balaban J connectivity index is 2.02. The summed E-state index contributed by atoms with van der Waals surface area (Å²) in [7, 11) is 0. The molecule has 2 rings (SSSR count). The molecule has 0 bridgehead atoms. The number of hydrogen-bond acceptors (Lipinski definition) is 3. The number of aromatic nitrogens is 2. The Bertz CT molecular complexity index is 347. The number of nitrogens with zero attached hydrogens (tertiary/aromatic N) is 2. The van der Waals surface area contributed by atoms with E-state index in [-0.39, 0.29) is 11.9 Å². The van der Waals surface area contributed by atoms with Gasteiger partial charge in [0.25, 0.3) is 5.91 Å². The van der Waals surface area contributed by atoms with Gasteiger partial charge >= 0.3 is 0 Å². The topological polar surface area (TPSA) is 75.0 Å². The third-order valence-electron chi connectivity index (χ3n) is 3.22. The van der Waals surface area contributed by atoms with Crippen LogP contribution in [0.1, 0.15) is 30.3 Å². The van der Waals surface area contributed by atoms with Crippen LogP contribution in [0.15, 0.2) is 12.5 Å². The zero-order valence-corrected chi connectivity index (χ0v) is 9.52. The molecule has 0 aliphatic carbocycles. The maximum absolute atomic E-state index is 12.0. The van der Waals surface area contributed by atoms with Crippen molar-refractivity contribution < 1.29 is 4.79 Å². The zero-order chi connectivity index (χ0) is 11.5. The largest absolute Gasteiger partial charge is 0.341 e. The summed E-state index contributed by atoms with van der Waals surface area (Å²) in [4.78, 5) is 20.6. The first-order valence-corrected chi connectivity index (χ1v) is 5.71. The summed E-state index contributed by atoms with van der Waals surface area (Å²) in [5.74, 6) is 0.448. The van der Waals surface area contributed by atoms with Gasteiger partial charge in [-0.1, -0.05) is 0 Å². The third kappa shape index (κ3) is 2.24. The lowest BCUT2D eigenvalue weighted by atomic mass is 9.92. The predicted molar refractivity (Wildman–Crippen MR) is 60.9 cm³/mol. The highest BCUT2D eigenvalue weighted by molar-refractivity contribution is 5.92. The molecule has 1 aliphatic rings. The fourth-order valence-electron chi connectivity index (χ4n) is 2.17. The third-order valence-corrected chi connectivity index (χ3v) is 3.22. The summed E-state index contributed by atoms with van der Waals surface area (Å²) >= 11 is 0. The summed E-state index contributed by atoms with van der Waals surface area (Å²) in [5.41, 5.74) is 6.45. The molecule has 2 atom stereocenters. The van der Waals surface area contributed by atoms with Crippen LogP contribution in [0.3, 0.4) is 0 Å². The Kier molecular flexibility index (Phi) is 3.24. The van der Waals surface area contributed by atoms with Gasteiger partial charge in [-0.25, -0.2) is 4.98 Å². The molecule has 3 N–H and O–H groups in total. The van der Waals surface area contributed by atoms with Crippen LogP contribution in [0.4, 0.5) is 0 Å². The maximum Gasteiger partial charge on any atom is 0.271 e. The van der Waals surface area contributed by atoms with Crippen LogP contribution in [0.5, 0.6) is 0 Å². The molecule has 1 aromatic rings. The van der Waals surface area contributed by atoms with E-state index >= 15 is 0 Å². The van der Waals surface area contributed by atoms with E-state index in [1.165, 1.54) is 6.33 Å². The monoisotopic (exact) mass is 222 g/mol. The molecular formula is C11H18N4O. The van der Waals surface area contributed by atoms with Gasteiger partial charge in [0.05, 0.1) is 12.5 Å². The normalized spacial score (nSPS) is 23.1. The number of carbonyl (C=O) groups excluding carboxylic acids is 1. The van der Waals surface area contributed by atoms with E-state index < -0.39 is 0 Å². The van der Waals surface area contributed by atoms with Gasteiger partial charge in [0.2, 0.25) is 0 Å². The molecule has 0 aromatic carbocycles. The van der Waals surface area contributed by atoms with Gasteiger partial charge in [0.15, 0.2) is 0 Å². The molecule has 0 saturated carbocycles. The molecule has 1 fully saturated rings. The molecule has 2 unspecified atom stereocenters. The predicted octanol–water partition coefficient (Wildman–Crippen LogP) is 0.609. The minimum Gasteiger partial charge on any atom is -0.341 e. The van der Waals surface area contributed by atoms with Crippen molar-refractivity contribution in [1.29, 1.82) is 0 Å². The Hall–Kier alpha value is -1.36. The molecule has 0 spiro atoms. The summed E-state index contributed by atoms with van der Waals surface area (Å²) in [5, 5.41) is 0. The fraction of sp³-hybridized carbons (Fsp3) is 0.636. The molecule has 5 nitrogen and oxygen atoms in total. The summed E-state index contributed by atoms with van der Waals surface area (Å²) < 4.78 is 0. The van der Waals surface area contributed by atoms with Crippen molar-refractivity contribution in [2.24, 2.45) is 11.7 Å². The van der Waals surface area contributed by atoms with Crippen LogP contribution < -0.4 is 5.73 Å². The van der Waals surface area contributed by atoms with Gasteiger partial charge in [-0.3, -0.25) is 4.79 Å². The van der Waals surface area contributed by atoms with Crippen molar-refractivity contribution in [1.82, 2.24) is 14.9 Å². The van der Waals surface area contributed by atoms with Gasteiger partial charge in [-0.15, -0.1) is 0 Å². The first kappa shape index (κ1) is 11.1. The van der Waals surface area contributed by atoms with E-state index in [2.05, 4.69) is 9.97 Å². The van der Waals surface area contributed by atoms with E-state index in [1.54, 1.807) is 6.20 Å². The minimum absolute atomic E-state index is 0.0304. The quantitative estimate of drug-likeness (QED) is 0.769. The smallest absolute Gasteiger partial charge is 0.271 e. The number of imidazole rings is 1. The highest BCUT2D eigenvalue weighted by Gasteiger charge is 2.26. The number of nitrogens with two attached hydrogens (primary N) is 1. The van der Waals surface area contributed by atoms with Crippen molar-refractivity contribution in [2.45, 2.75) is 25.8 Å². The lowest BCUT2D eigenvalue weighted by molar-refractivity contribution is 0.0655. The average molecular weight is 222 g/mol. The molecule has 1 aliphatic heterocycles.